The van der Waals surface area contributed by atoms with Gasteiger partial charge in [0, 0.05) is 12.1 Å². The van der Waals surface area contributed by atoms with Gasteiger partial charge in [-0.1, -0.05) is 38.6 Å². The minimum atomic E-state index is -0.293. The maximum Gasteiger partial charge on any atom is 0.123 e. The highest BCUT2D eigenvalue weighted by Gasteiger charge is 2.10. The molecule has 0 fully saturated rings. The van der Waals surface area contributed by atoms with Crippen LogP contribution in [0.2, 0.25) is 0 Å². The summed E-state index contributed by atoms with van der Waals surface area (Å²) < 4.78 is 13.2. The summed E-state index contributed by atoms with van der Waals surface area (Å²) in [5, 5.41) is 0. The highest BCUT2D eigenvalue weighted by Crippen LogP contribution is 2.14. The number of hydrogen-bond donors (Lipinski definition) is 1. The summed E-state index contributed by atoms with van der Waals surface area (Å²) in [5.74, 6) is -0.293. The molecule has 0 aliphatic rings. The normalized spacial score (nSPS) is 10.9. The van der Waals surface area contributed by atoms with Gasteiger partial charge in [-0.25, -0.2) is 4.39 Å². The van der Waals surface area contributed by atoms with E-state index in [9.17, 15) is 4.39 Å². The van der Waals surface area contributed by atoms with Crippen LogP contribution in [0.4, 0.5) is 4.39 Å². The van der Waals surface area contributed by atoms with Crippen molar-refractivity contribution in [3.05, 3.63) is 35.1 Å². The molecule has 0 unspecified atom stereocenters. The van der Waals surface area contributed by atoms with Crippen LogP contribution in [-0.4, -0.2) is 23.0 Å². The largest absolute Gasteiger partial charge is 0.389 e. The molecule has 0 saturated heterocycles. The maximum absolute atomic E-state index is 13.2. The van der Waals surface area contributed by atoms with Crippen molar-refractivity contribution in [3.63, 3.8) is 0 Å². The van der Waals surface area contributed by atoms with Crippen LogP contribution in [-0.2, 0) is 6.54 Å². The summed E-state index contributed by atoms with van der Waals surface area (Å²) in [5.41, 5.74) is 7.30. The lowest BCUT2D eigenvalue weighted by molar-refractivity contribution is 0.275. The van der Waals surface area contributed by atoms with E-state index >= 15 is 0 Å². The van der Waals surface area contributed by atoms with Gasteiger partial charge in [0.1, 0.15) is 10.8 Å². The van der Waals surface area contributed by atoms with Gasteiger partial charge in [0.25, 0.3) is 0 Å². The van der Waals surface area contributed by atoms with Gasteiger partial charge in [-0.05, 0) is 37.2 Å². The van der Waals surface area contributed by atoms with Gasteiger partial charge in [0.05, 0.1) is 0 Å². The predicted molar refractivity (Wildman–Crippen MR) is 78.1 cm³/mol. The number of thiocarbonyl (C=S) groups is 1. The van der Waals surface area contributed by atoms with Crippen LogP contribution < -0.4 is 5.73 Å². The van der Waals surface area contributed by atoms with Crippen molar-refractivity contribution >= 4 is 17.2 Å². The van der Waals surface area contributed by atoms with E-state index in [1.54, 1.807) is 6.07 Å². The summed E-state index contributed by atoms with van der Waals surface area (Å²) in [6.07, 6.45) is 2.33. The second-order valence-corrected chi connectivity index (χ2v) is 4.83. The molecule has 0 amide bonds. The van der Waals surface area contributed by atoms with Crippen molar-refractivity contribution in [1.82, 2.24) is 4.90 Å². The summed E-state index contributed by atoms with van der Waals surface area (Å²) in [7, 11) is 0. The zero-order valence-corrected chi connectivity index (χ0v) is 11.9. The van der Waals surface area contributed by atoms with E-state index in [0.29, 0.717) is 5.56 Å². The van der Waals surface area contributed by atoms with Gasteiger partial charge in [0.15, 0.2) is 0 Å². The molecular weight excluding hydrogens is 247 g/mol. The number of nitrogens with two attached hydrogens (primary N) is 1. The smallest absolute Gasteiger partial charge is 0.123 e. The predicted octanol–water partition coefficient (Wildman–Crippen LogP) is 3.08. The topological polar surface area (TPSA) is 29.3 Å². The van der Waals surface area contributed by atoms with E-state index in [1.807, 2.05) is 0 Å². The van der Waals surface area contributed by atoms with E-state index in [2.05, 4.69) is 18.7 Å². The Morgan fingerprint density at radius 2 is 2.11 bits per heavy atom. The molecule has 0 aromatic heterocycles. The van der Waals surface area contributed by atoms with E-state index in [4.69, 9.17) is 18.0 Å². The van der Waals surface area contributed by atoms with Crippen LogP contribution in [0.5, 0.6) is 0 Å². The number of halogens is 1. The fourth-order valence-electron chi connectivity index (χ4n) is 1.89. The van der Waals surface area contributed by atoms with Crippen molar-refractivity contribution in [2.75, 3.05) is 13.1 Å². The average molecular weight is 268 g/mol. The third-order valence-corrected chi connectivity index (χ3v) is 3.23. The number of unbranched alkanes of at least 4 members (excludes halogenated alkanes) is 1. The molecule has 0 spiro atoms. The Balaban J connectivity index is 2.84. The van der Waals surface area contributed by atoms with Crippen LogP contribution in [0, 0.1) is 5.82 Å². The Hall–Kier alpha value is -1.00. The molecule has 0 bridgehead atoms. The molecule has 0 atom stereocenters. The van der Waals surface area contributed by atoms with Crippen LogP contribution in [0.3, 0.4) is 0 Å². The third kappa shape index (κ3) is 4.35. The molecule has 0 heterocycles. The standard InChI is InChI=1S/C14H21FN2S/c1-3-5-8-17(4-2)10-11-6-7-12(15)9-13(11)14(16)18/h6-7,9H,3-5,8,10H2,1-2H3,(H2,16,18). The molecule has 100 valence electrons. The molecule has 2 nitrogen and oxygen atoms in total. The number of nitrogens with zero attached hydrogens (tertiary/aromatic N) is 1. The van der Waals surface area contributed by atoms with Gasteiger partial charge < -0.3 is 5.73 Å². The Labute approximate surface area is 114 Å². The van der Waals surface area contributed by atoms with Crippen molar-refractivity contribution in [3.8, 4) is 0 Å². The van der Waals surface area contributed by atoms with E-state index < -0.39 is 0 Å². The zero-order valence-electron chi connectivity index (χ0n) is 11.1. The van der Waals surface area contributed by atoms with E-state index in [0.717, 1.165) is 31.6 Å². The number of hydrogen-bond acceptors (Lipinski definition) is 2. The first-order valence-electron chi connectivity index (χ1n) is 6.39. The maximum atomic E-state index is 13.2. The average Bonchev–Trinajstić information content (AvgIpc) is 2.35. The fourth-order valence-corrected chi connectivity index (χ4v) is 2.08. The SMILES string of the molecule is CCCCN(CC)Cc1ccc(F)cc1C(N)=S. The van der Waals surface area contributed by atoms with Gasteiger partial charge >= 0.3 is 0 Å². The Bertz CT molecular complexity index is 407. The van der Waals surface area contributed by atoms with Gasteiger partial charge in [0.2, 0.25) is 0 Å². The van der Waals surface area contributed by atoms with Crippen molar-refractivity contribution in [1.29, 1.82) is 0 Å². The minimum Gasteiger partial charge on any atom is -0.389 e. The molecule has 1 aromatic carbocycles. The lowest BCUT2D eigenvalue weighted by atomic mass is 10.1. The monoisotopic (exact) mass is 268 g/mol. The molecule has 0 saturated carbocycles. The van der Waals surface area contributed by atoms with Crippen LogP contribution in [0.1, 0.15) is 37.8 Å². The molecule has 1 aromatic rings. The first-order valence-corrected chi connectivity index (χ1v) is 6.79. The first-order chi connectivity index (χ1) is 8.58. The highest BCUT2D eigenvalue weighted by atomic mass is 32.1. The van der Waals surface area contributed by atoms with Gasteiger partial charge in [-0.3, -0.25) is 4.90 Å². The zero-order chi connectivity index (χ0) is 13.5. The van der Waals surface area contributed by atoms with Crippen molar-refractivity contribution in [2.24, 2.45) is 5.73 Å². The van der Waals surface area contributed by atoms with Gasteiger partial charge in [-0.15, -0.1) is 0 Å². The third-order valence-electron chi connectivity index (χ3n) is 3.01. The number of rotatable bonds is 7. The Morgan fingerprint density at radius 1 is 1.39 bits per heavy atom. The molecule has 18 heavy (non-hydrogen) atoms. The van der Waals surface area contributed by atoms with Crippen LogP contribution in [0.15, 0.2) is 18.2 Å². The molecule has 1 rings (SSSR count). The fraction of sp³-hybridized carbons (Fsp3) is 0.500. The second kappa shape index (κ2) is 7.44. The molecule has 0 radical (unpaired) electrons. The summed E-state index contributed by atoms with van der Waals surface area (Å²) in [4.78, 5) is 2.58. The van der Waals surface area contributed by atoms with Crippen LogP contribution >= 0.6 is 12.2 Å². The molecule has 2 N–H and O–H groups in total. The lowest BCUT2D eigenvalue weighted by Gasteiger charge is -2.21. The Morgan fingerprint density at radius 3 is 2.67 bits per heavy atom. The Kier molecular flexibility index (Phi) is 6.22. The quantitative estimate of drug-likeness (QED) is 0.771. The minimum absolute atomic E-state index is 0.260. The van der Waals surface area contributed by atoms with E-state index in [1.165, 1.54) is 18.6 Å². The highest BCUT2D eigenvalue weighted by molar-refractivity contribution is 7.80. The first kappa shape index (κ1) is 15.1. The molecule has 0 aliphatic heterocycles. The summed E-state index contributed by atoms with van der Waals surface area (Å²) in [6, 6.07) is 4.66. The number of benzene rings is 1. The molecular formula is C14H21FN2S. The van der Waals surface area contributed by atoms with Crippen LogP contribution in [0.25, 0.3) is 0 Å². The van der Waals surface area contributed by atoms with E-state index in [-0.39, 0.29) is 10.8 Å². The molecule has 0 aliphatic carbocycles. The lowest BCUT2D eigenvalue weighted by Crippen LogP contribution is -2.25. The molecule has 4 heteroatoms. The van der Waals surface area contributed by atoms with Crippen molar-refractivity contribution < 1.29 is 4.39 Å². The van der Waals surface area contributed by atoms with Gasteiger partial charge in [-0.2, -0.15) is 0 Å². The second-order valence-electron chi connectivity index (χ2n) is 4.39. The summed E-state index contributed by atoms with van der Waals surface area (Å²) in [6.45, 7) is 7.07. The summed E-state index contributed by atoms with van der Waals surface area (Å²) >= 11 is 4.98. The van der Waals surface area contributed by atoms with Crippen molar-refractivity contribution in [2.45, 2.75) is 33.2 Å².